The highest BCUT2D eigenvalue weighted by molar-refractivity contribution is 5.16. The predicted molar refractivity (Wildman–Crippen MR) is 96.1 cm³/mol. The molecule has 2 heterocycles. The number of hydrogen-bond acceptors (Lipinski definition) is 3. The van der Waals surface area contributed by atoms with Crippen LogP contribution in [-0.4, -0.2) is 50.0 Å². The van der Waals surface area contributed by atoms with Crippen molar-refractivity contribution in [2.24, 2.45) is 11.8 Å². The van der Waals surface area contributed by atoms with Gasteiger partial charge in [0.2, 0.25) is 0 Å². The molecule has 0 radical (unpaired) electrons. The van der Waals surface area contributed by atoms with E-state index in [0.29, 0.717) is 12.0 Å². The lowest BCUT2D eigenvalue weighted by atomic mass is 9.87. The van der Waals surface area contributed by atoms with Gasteiger partial charge in [-0.25, -0.2) is 0 Å². The zero-order valence-electron chi connectivity index (χ0n) is 14.7. The van der Waals surface area contributed by atoms with E-state index in [1.54, 1.807) is 0 Å². The van der Waals surface area contributed by atoms with Gasteiger partial charge in [-0.05, 0) is 50.0 Å². The third-order valence-corrected chi connectivity index (χ3v) is 5.99. The fourth-order valence-electron chi connectivity index (χ4n) is 4.30. The molecule has 2 aliphatic heterocycles. The first-order valence-corrected chi connectivity index (χ1v) is 9.86. The SMILES string of the molecule is c1ccc(C[C@H]2CN(C3CCOCC3)CC[C@H]2OCC2CC2)cc1. The van der Waals surface area contributed by atoms with Crippen LogP contribution in [0.1, 0.15) is 37.7 Å². The maximum atomic E-state index is 6.38. The molecule has 0 N–H and O–H groups in total. The molecule has 4 rings (SSSR count). The van der Waals surface area contributed by atoms with Gasteiger partial charge in [-0.15, -0.1) is 0 Å². The third-order valence-electron chi connectivity index (χ3n) is 5.99. The highest BCUT2D eigenvalue weighted by Crippen LogP contribution is 2.32. The highest BCUT2D eigenvalue weighted by Gasteiger charge is 2.34. The van der Waals surface area contributed by atoms with Crippen molar-refractivity contribution in [3.63, 3.8) is 0 Å². The molecule has 2 atom stereocenters. The summed E-state index contributed by atoms with van der Waals surface area (Å²) in [7, 11) is 0. The summed E-state index contributed by atoms with van der Waals surface area (Å²) in [6.07, 6.45) is 7.95. The van der Waals surface area contributed by atoms with Crippen molar-refractivity contribution in [2.75, 3.05) is 32.9 Å². The fraction of sp³-hybridized carbons (Fsp3) is 0.714. The third kappa shape index (κ3) is 4.38. The Hall–Kier alpha value is -0.900. The lowest BCUT2D eigenvalue weighted by Gasteiger charge is -2.43. The van der Waals surface area contributed by atoms with Gasteiger partial charge in [0.25, 0.3) is 0 Å². The van der Waals surface area contributed by atoms with Gasteiger partial charge in [0.1, 0.15) is 0 Å². The van der Waals surface area contributed by atoms with Gasteiger partial charge in [-0.3, -0.25) is 4.90 Å². The molecule has 0 spiro atoms. The van der Waals surface area contributed by atoms with E-state index in [-0.39, 0.29) is 0 Å². The average molecular weight is 329 g/mol. The van der Waals surface area contributed by atoms with Gasteiger partial charge < -0.3 is 9.47 Å². The first-order valence-electron chi connectivity index (χ1n) is 9.86. The lowest BCUT2D eigenvalue weighted by Crippen LogP contribution is -2.50. The summed E-state index contributed by atoms with van der Waals surface area (Å²) < 4.78 is 11.9. The Morgan fingerprint density at radius 1 is 1.00 bits per heavy atom. The molecule has 3 aliphatic rings. The van der Waals surface area contributed by atoms with Crippen LogP contribution in [0.4, 0.5) is 0 Å². The number of hydrogen-bond donors (Lipinski definition) is 0. The number of piperidine rings is 1. The van der Waals surface area contributed by atoms with Gasteiger partial charge in [-0.2, -0.15) is 0 Å². The zero-order chi connectivity index (χ0) is 16.2. The summed E-state index contributed by atoms with van der Waals surface area (Å²) in [4.78, 5) is 2.73. The largest absolute Gasteiger partial charge is 0.381 e. The molecular formula is C21H31NO2. The van der Waals surface area contributed by atoms with Crippen LogP contribution in [0, 0.1) is 11.8 Å². The molecule has 0 bridgehead atoms. The smallest absolute Gasteiger partial charge is 0.0631 e. The molecule has 1 aromatic rings. The van der Waals surface area contributed by atoms with E-state index < -0.39 is 0 Å². The summed E-state index contributed by atoms with van der Waals surface area (Å²) in [6.45, 7) is 5.26. The maximum absolute atomic E-state index is 6.38. The van der Waals surface area contributed by atoms with Crippen LogP contribution >= 0.6 is 0 Å². The predicted octanol–water partition coefficient (Wildman–Crippen LogP) is 3.53. The van der Waals surface area contributed by atoms with Crippen LogP contribution in [0.25, 0.3) is 0 Å². The minimum atomic E-state index is 0.446. The Labute approximate surface area is 146 Å². The Morgan fingerprint density at radius 3 is 2.54 bits per heavy atom. The molecule has 132 valence electrons. The average Bonchev–Trinajstić information content (AvgIpc) is 3.47. The number of rotatable bonds is 6. The minimum Gasteiger partial charge on any atom is -0.381 e. The molecule has 1 aliphatic carbocycles. The topological polar surface area (TPSA) is 21.7 Å². The molecule has 24 heavy (non-hydrogen) atoms. The number of ether oxygens (including phenoxy) is 2. The Bertz CT molecular complexity index is 496. The van der Waals surface area contributed by atoms with E-state index in [2.05, 4.69) is 35.2 Å². The van der Waals surface area contributed by atoms with Gasteiger partial charge in [0, 0.05) is 44.9 Å². The molecule has 1 saturated carbocycles. The van der Waals surface area contributed by atoms with Gasteiger partial charge >= 0.3 is 0 Å². The molecule has 3 fully saturated rings. The second-order valence-corrected chi connectivity index (χ2v) is 7.89. The maximum Gasteiger partial charge on any atom is 0.0631 e. The molecule has 0 amide bonds. The van der Waals surface area contributed by atoms with Crippen molar-refractivity contribution in [1.82, 2.24) is 4.90 Å². The van der Waals surface area contributed by atoms with E-state index in [9.17, 15) is 0 Å². The molecular weight excluding hydrogens is 298 g/mol. The van der Waals surface area contributed by atoms with Crippen LogP contribution in [0.15, 0.2) is 30.3 Å². The van der Waals surface area contributed by atoms with E-state index in [1.807, 2.05) is 0 Å². The second-order valence-electron chi connectivity index (χ2n) is 7.89. The van der Waals surface area contributed by atoms with Crippen molar-refractivity contribution in [1.29, 1.82) is 0 Å². The molecule has 1 aromatic carbocycles. The van der Waals surface area contributed by atoms with Crippen LogP contribution < -0.4 is 0 Å². The normalized spacial score (nSPS) is 29.7. The summed E-state index contributed by atoms with van der Waals surface area (Å²) in [5, 5.41) is 0. The fourth-order valence-corrected chi connectivity index (χ4v) is 4.30. The summed E-state index contributed by atoms with van der Waals surface area (Å²) >= 11 is 0. The Morgan fingerprint density at radius 2 is 1.79 bits per heavy atom. The van der Waals surface area contributed by atoms with Gasteiger partial charge in [0.05, 0.1) is 6.10 Å². The van der Waals surface area contributed by atoms with Gasteiger partial charge in [-0.1, -0.05) is 30.3 Å². The highest BCUT2D eigenvalue weighted by atomic mass is 16.5. The zero-order valence-corrected chi connectivity index (χ0v) is 14.7. The monoisotopic (exact) mass is 329 g/mol. The van der Waals surface area contributed by atoms with Crippen molar-refractivity contribution in [3.8, 4) is 0 Å². The number of likely N-dealkylation sites (tertiary alicyclic amines) is 1. The van der Waals surface area contributed by atoms with Crippen molar-refractivity contribution < 1.29 is 9.47 Å². The minimum absolute atomic E-state index is 0.446. The summed E-state index contributed by atoms with van der Waals surface area (Å²) in [6, 6.07) is 11.7. The van der Waals surface area contributed by atoms with Gasteiger partial charge in [0.15, 0.2) is 0 Å². The quantitative estimate of drug-likeness (QED) is 0.797. The van der Waals surface area contributed by atoms with E-state index in [4.69, 9.17) is 9.47 Å². The summed E-state index contributed by atoms with van der Waals surface area (Å²) in [5.74, 6) is 1.48. The van der Waals surface area contributed by atoms with Crippen molar-refractivity contribution in [2.45, 2.75) is 50.7 Å². The lowest BCUT2D eigenvalue weighted by molar-refractivity contribution is -0.0583. The van der Waals surface area contributed by atoms with E-state index in [0.717, 1.165) is 38.2 Å². The summed E-state index contributed by atoms with van der Waals surface area (Å²) in [5.41, 5.74) is 1.45. The van der Waals surface area contributed by atoms with Crippen molar-refractivity contribution >= 4 is 0 Å². The number of benzene rings is 1. The standard InChI is InChI=1S/C21H31NO2/c1-2-4-17(5-3-1)14-19-15-22(20-9-12-23-13-10-20)11-8-21(19)24-16-18-6-7-18/h1-5,18-21H,6-16H2/t19-,21+/m0/s1. The Balaban J connectivity index is 1.40. The second kappa shape index (κ2) is 7.99. The molecule has 3 heteroatoms. The number of nitrogens with zero attached hydrogens (tertiary/aromatic N) is 1. The van der Waals surface area contributed by atoms with Crippen molar-refractivity contribution in [3.05, 3.63) is 35.9 Å². The van der Waals surface area contributed by atoms with Crippen LogP contribution in [-0.2, 0) is 15.9 Å². The molecule has 3 nitrogen and oxygen atoms in total. The van der Waals surface area contributed by atoms with Crippen LogP contribution in [0.2, 0.25) is 0 Å². The van der Waals surface area contributed by atoms with Crippen LogP contribution in [0.5, 0.6) is 0 Å². The first-order chi connectivity index (χ1) is 11.9. The molecule has 0 unspecified atom stereocenters. The molecule has 2 saturated heterocycles. The first kappa shape index (κ1) is 16.6. The Kier molecular flexibility index (Phi) is 5.51. The van der Waals surface area contributed by atoms with Crippen LogP contribution in [0.3, 0.4) is 0 Å². The van der Waals surface area contributed by atoms with E-state index in [1.165, 1.54) is 50.8 Å². The molecule has 0 aromatic heterocycles. The van der Waals surface area contributed by atoms with E-state index >= 15 is 0 Å².